The zero-order chi connectivity index (χ0) is 19.4. The lowest BCUT2D eigenvalue weighted by molar-refractivity contribution is -0.168. The van der Waals surface area contributed by atoms with Crippen LogP contribution in [0, 0.1) is 34.5 Å². The molecule has 4 aliphatic carbocycles. The van der Waals surface area contributed by atoms with Crippen LogP contribution in [0.15, 0.2) is 12.7 Å². The van der Waals surface area contributed by atoms with E-state index < -0.39 is 5.60 Å². The second kappa shape index (κ2) is 6.61. The van der Waals surface area contributed by atoms with Gasteiger partial charge in [0.2, 0.25) is 0 Å². The largest absolute Gasteiger partial charge is 0.463 e. The molecule has 0 aromatic heterocycles. The maximum Gasteiger partial charge on any atom is 0.302 e. The molecule has 4 saturated carbocycles. The Kier molecular flexibility index (Phi) is 4.77. The first-order chi connectivity index (χ1) is 12.7. The van der Waals surface area contributed by atoms with Gasteiger partial charge < -0.3 is 9.84 Å². The number of carbonyl (C=O) groups is 1. The summed E-state index contributed by atoms with van der Waals surface area (Å²) in [6.07, 6.45) is 13.2. The molecule has 152 valence electrons. The van der Waals surface area contributed by atoms with E-state index in [1.165, 1.54) is 39.0 Å². The fraction of sp³-hybridized carbons (Fsp3) is 0.875. The Morgan fingerprint density at radius 1 is 1.11 bits per heavy atom. The molecule has 0 heterocycles. The molecule has 0 radical (unpaired) electrons. The molecule has 0 unspecified atom stereocenters. The van der Waals surface area contributed by atoms with Crippen LogP contribution in [-0.4, -0.2) is 22.8 Å². The molecule has 3 heteroatoms. The third kappa shape index (κ3) is 2.82. The Labute approximate surface area is 164 Å². The highest BCUT2D eigenvalue weighted by atomic mass is 16.5. The molecule has 0 bridgehead atoms. The Morgan fingerprint density at radius 3 is 2.56 bits per heavy atom. The number of aliphatic hydroxyl groups is 1. The summed E-state index contributed by atoms with van der Waals surface area (Å²) in [5.41, 5.74) is -0.102. The lowest BCUT2D eigenvalue weighted by Crippen LogP contribution is -2.56. The number of hydrogen-bond donors (Lipinski definition) is 1. The van der Waals surface area contributed by atoms with E-state index in [9.17, 15) is 9.90 Å². The highest BCUT2D eigenvalue weighted by Crippen LogP contribution is 2.68. The summed E-state index contributed by atoms with van der Waals surface area (Å²) in [5, 5.41) is 11.4. The van der Waals surface area contributed by atoms with Gasteiger partial charge in [0.25, 0.3) is 0 Å². The minimum atomic E-state index is -0.547. The second-order valence-electron chi connectivity index (χ2n) is 10.7. The number of ether oxygens (including phenoxy) is 1. The lowest BCUT2D eigenvalue weighted by Gasteiger charge is -2.61. The topological polar surface area (TPSA) is 46.5 Å². The van der Waals surface area contributed by atoms with Gasteiger partial charge in [-0.25, -0.2) is 0 Å². The number of esters is 1. The van der Waals surface area contributed by atoms with E-state index in [0.29, 0.717) is 17.3 Å². The van der Waals surface area contributed by atoms with Crippen LogP contribution in [0.3, 0.4) is 0 Å². The smallest absolute Gasteiger partial charge is 0.302 e. The van der Waals surface area contributed by atoms with Gasteiger partial charge in [0, 0.05) is 6.92 Å². The van der Waals surface area contributed by atoms with Gasteiger partial charge in [-0.2, -0.15) is 0 Å². The van der Waals surface area contributed by atoms with E-state index in [2.05, 4.69) is 20.4 Å². The van der Waals surface area contributed by atoms with Crippen LogP contribution in [-0.2, 0) is 9.53 Å². The minimum Gasteiger partial charge on any atom is -0.463 e. The van der Waals surface area contributed by atoms with Crippen molar-refractivity contribution in [2.45, 2.75) is 96.7 Å². The molecule has 4 rings (SSSR count). The molecule has 0 spiro atoms. The summed E-state index contributed by atoms with van der Waals surface area (Å²) in [4.78, 5) is 11.4. The van der Waals surface area contributed by atoms with Gasteiger partial charge in [-0.1, -0.05) is 19.9 Å². The Hall–Kier alpha value is -0.830. The monoisotopic (exact) mass is 374 g/mol. The molecule has 27 heavy (non-hydrogen) atoms. The van der Waals surface area contributed by atoms with Crippen molar-refractivity contribution in [3.05, 3.63) is 12.7 Å². The maximum atomic E-state index is 11.4. The van der Waals surface area contributed by atoms with Gasteiger partial charge >= 0.3 is 5.97 Å². The number of fused-ring (bicyclic) bond motifs is 5. The molecule has 1 N–H and O–H groups in total. The fourth-order valence-electron chi connectivity index (χ4n) is 8.24. The standard InChI is InChI=1S/C24H38O3/c1-5-11-24(26)14-10-21-19-7-6-17-15-18(27-16(2)25)8-12-22(17,3)20(19)9-13-23(21,24)4/h5,17-21,26H,1,6-15H2,2-4H3/t17-,18+,19+,20-,21+,22-,23+,24-/m0/s1. The summed E-state index contributed by atoms with van der Waals surface area (Å²) in [7, 11) is 0. The summed E-state index contributed by atoms with van der Waals surface area (Å²) in [5.74, 6) is 2.76. The SMILES string of the molecule is C=CC[C@]1(O)CC[C@@H]2[C@@H]3CC[C@H]4C[C@H](OC(C)=O)CC[C@]4(C)[C@H]3CC[C@]21C. The van der Waals surface area contributed by atoms with Gasteiger partial charge in [0.15, 0.2) is 0 Å². The van der Waals surface area contributed by atoms with E-state index in [-0.39, 0.29) is 17.5 Å². The van der Waals surface area contributed by atoms with Crippen molar-refractivity contribution in [1.29, 1.82) is 0 Å². The molecule has 0 amide bonds. The summed E-state index contributed by atoms with van der Waals surface area (Å²) < 4.78 is 5.58. The molecule has 4 fully saturated rings. The van der Waals surface area contributed by atoms with Crippen LogP contribution < -0.4 is 0 Å². The predicted molar refractivity (Wildman–Crippen MR) is 107 cm³/mol. The first-order valence-electron chi connectivity index (χ1n) is 11.2. The third-order valence-corrected chi connectivity index (χ3v) is 9.75. The van der Waals surface area contributed by atoms with Gasteiger partial charge in [0.1, 0.15) is 6.10 Å². The van der Waals surface area contributed by atoms with Crippen LogP contribution >= 0.6 is 0 Å². The first kappa shape index (κ1) is 19.5. The maximum absolute atomic E-state index is 11.4. The lowest BCUT2D eigenvalue weighted by atomic mass is 9.44. The molecular formula is C24H38O3. The number of hydrogen-bond acceptors (Lipinski definition) is 3. The molecule has 3 nitrogen and oxygen atoms in total. The predicted octanol–water partition coefficient (Wildman–Crippen LogP) is 5.27. The van der Waals surface area contributed by atoms with Crippen molar-refractivity contribution >= 4 is 5.97 Å². The second-order valence-corrected chi connectivity index (χ2v) is 10.7. The average molecular weight is 375 g/mol. The van der Waals surface area contributed by atoms with Crippen molar-refractivity contribution < 1.29 is 14.6 Å². The zero-order valence-corrected chi connectivity index (χ0v) is 17.5. The quantitative estimate of drug-likeness (QED) is 0.541. The Balaban J connectivity index is 1.54. The molecule has 0 aromatic rings. The average Bonchev–Trinajstić information content (AvgIpc) is 2.86. The van der Waals surface area contributed by atoms with Crippen LogP contribution in [0.4, 0.5) is 0 Å². The molecule has 4 aliphatic rings. The molecule has 8 atom stereocenters. The van der Waals surface area contributed by atoms with Crippen LogP contribution in [0.25, 0.3) is 0 Å². The van der Waals surface area contributed by atoms with E-state index in [1.54, 1.807) is 0 Å². The van der Waals surface area contributed by atoms with E-state index in [0.717, 1.165) is 43.9 Å². The van der Waals surface area contributed by atoms with Crippen molar-refractivity contribution in [2.75, 3.05) is 0 Å². The number of rotatable bonds is 3. The van der Waals surface area contributed by atoms with E-state index in [4.69, 9.17) is 4.74 Å². The van der Waals surface area contributed by atoms with Gasteiger partial charge in [-0.3, -0.25) is 4.79 Å². The minimum absolute atomic E-state index is 0.0560. The zero-order valence-electron chi connectivity index (χ0n) is 17.5. The molecule has 0 aliphatic heterocycles. The van der Waals surface area contributed by atoms with Crippen molar-refractivity contribution in [2.24, 2.45) is 34.5 Å². The summed E-state index contributed by atoms with van der Waals surface area (Å²) >= 11 is 0. The number of carbonyl (C=O) groups excluding carboxylic acids is 1. The van der Waals surface area contributed by atoms with Crippen molar-refractivity contribution in [1.82, 2.24) is 0 Å². The van der Waals surface area contributed by atoms with Crippen LogP contribution in [0.2, 0.25) is 0 Å². The van der Waals surface area contributed by atoms with Crippen molar-refractivity contribution in [3.63, 3.8) is 0 Å². The molecule has 0 aromatic carbocycles. The molecule has 0 saturated heterocycles. The van der Waals surface area contributed by atoms with Gasteiger partial charge in [0.05, 0.1) is 5.60 Å². The first-order valence-corrected chi connectivity index (χ1v) is 11.2. The summed E-state index contributed by atoms with van der Waals surface area (Å²) in [6, 6.07) is 0. The molecular weight excluding hydrogens is 336 g/mol. The van der Waals surface area contributed by atoms with Crippen LogP contribution in [0.1, 0.15) is 85.0 Å². The third-order valence-electron chi connectivity index (χ3n) is 9.75. The highest BCUT2D eigenvalue weighted by Gasteiger charge is 2.64. The Morgan fingerprint density at radius 2 is 1.85 bits per heavy atom. The highest BCUT2D eigenvalue weighted by molar-refractivity contribution is 5.66. The van der Waals surface area contributed by atoms with Crippen LogP contribution in [0.5, 0.6) is 0 Å². The normalized spacial score (nSPS) is 51.6. The van der Waals surface area contributed by atoms with E-state index in [1.807, 2.05) is 6.08 Å². The van der Waals surface area contributed by atoms with E-state index >= 15 is 0 Å². The summed E-state index contributed by atoms with van der Waals surface area (Å²) in [6.45, 7) is 10.4. The fourth-order valence-corrected chi connectivity index (χ4v) is 8.24. The van der Waals surface area contributed by atoms with Crippen molar-refractivity contribution in [3.8, 4) is 0 Å². The Bertz CT molecular complexity index is 615. The van der Waals surface area contributed by atoms with Gasteiger partial charge in [-0.15, -0.1) is 6.58 Å². The van der Waals surface area contributed by atoms with Gasteiger partial charge in [-0.05, 0) is 98.7 Å².